The molecule has 3 aromatic rings. The Morgan fingerprint density at radius 2 is 1.90 bits per heavy atom. The fraction of sp³-hybridized carbons (Fsp3) is 0.273. The van der Waals surface area contributed by atoms with E-state index in [-0.39, 0.29) is 17.2 Å². The van der Waals surface area contributed by atoms with Gasteiger partial charge in [0, 0.05) is 18.1 Å². The number of hydrogen-bond acceptors (Lipinski definition) is 5. The monoisotopic (exact) mass is 458 g/mol. The van der Waals surface area contributed by atoms with Gasteiger partial charge in [0.25, 0.3) is 5.56 Å². The minimum absolute atomic E-state index is 0.0532. The number of imide groups is 1. The molecule has 0 aliphatic carbocycles. The van der Waals surface area contributed by atoms with Gasteiger partial charge < -0.3 is 5.32 Å². The van der Waals surface area contributed by atoms with Crippen LogP contribution in [0.5, 0.6) is 0 Å². The van der Waals surface area contributed by atoms with E-state index in [1.807, 2.05) is 44.2 Å². The van der Waals surface area contributed by atoms with Gasteiger partial charge >= 0.3 is 6.03 Å². The first-order valence-electron chi connectivity index (χ1n) is 9.78. The van der Waals surface area contributed by atoms with Crippen LogP contribution in [-0.2, 0) is 17.9 Å². The fourth-order valence-electron chi connectivity index (χ4n) is 2.92. The fourth-order valence-corrected chi connectivity index (χ4v) is 3.90. The molecule has 31 heavy (non-hydrogen) atoms. The standard InChI is InChI=1S/C22H23ClN4O3S/c1-14(2)12-27-20(29)17-10-16(23)8-9-18(17)25-22(27)31-13-19(28)26-21(30)24-11-15-6-4-3-5-7-15/h3-10,14H,11-13H2,1-2H3,(H2,24,26,28,30). The summed E-state index contributed by atoms with van der Waals surface area (Å²) in [4.78, 5) is 41.7. The van der Waals surface area contributed by atoms with Crippen molar-refractivity contribution < 1.29 is 9.59 Å². The van der Waals surface area contributed by atoms with Crippen molar-refractivity contribution in [2.75, 3.05) is 5.75 Å². The predicted molar refractivity (Wildman–Crippen MR) is 123 cm³/mol. The highest BCUT2D eigenvalue weighted by molar-refractivity contribution is 7.99. The van der Waals surface area contributed by atoms with Crippen molar-refractivity contribution in [2.24, 2.45) is 5.92 Å². The van der Waals surface area contributed by atoms with Crippen LogP contribution in [0.3, 0.4) is 0 Å². The zero-order valence-electron chi connectivity index (χ0n) is 17.2. The van der Waals surface area contributed by atoms with E-state index in [0.29, 0.717) is 34.2 Å². The third-order valence-electron chi connectivity index (χ3n) is 4.31. The van der Waals surface area contributed by atoms with Crippen LogP contribution >= 0.6 is 23.4 Å². The minimum Gasteiger partial charge on any atom is -0.334 e. The normalized spacial score (nSPS) is 11.0. The van der Waals surface area contributed by atoms with E-state index < -0.39 is 11.9 Å². The Balaban J connectivity index is 1.67. The van der Waals surface area contributed by atoms with Crippen molar-refractivity contribution in [1.29, 1.82) is 0 Å². The van der Waals surface area contributed by atoms with Gasteiger partial charge in [0.1, 0.15) is 0 Å². The van der Waals surface area contributed by atoms with Gasteiger partial charge in [-0.05, 0) is 29.7 Å². The van der Waals surface area contributed by atoms with E-state index in [1.165, 1.54) is 0 Å². The number of benzene rings is 2. The van der Waals surface area contributed by atoms with Crippen molar-refractivity contribution >= 4 is 46.2 Å². The zero-order chi connectivity index (χ0) is 22.4. The lowest BCUT2D eigenvalue weighted by Gasteiger charge is -2.15. The van der Waals surface area contributed by atoms with Gasteiger partial charge in [-0.3, -0.25) is 19.5 Å². The Bertz CT molecular complexity index is 1150. The van der Waals surface area contributed by atoms with Gasteiger partial charge in [0.2, 0.25) is 5.91 Å². The van der Waals surface area contributed by atoms with Gasteiger partial charge in [-0.2, -0.15) is 0 Å². The van der Waals surface area contributed by atoms with Crippen LogP contribution in [0.4, 0.5) is 4.79 Å². The summed E-state index contributed by atoms with van der Waals surface area (Å²) in [6.45, 7) is 4.76. The van der Waals surface area contributed by atoms with Crippen molar-refractivity contribution in [3.63, 3.8) is 0 Å². The molecule has 3 amide bonds. The number of fused-ring (bicyclic) bond motifs is 1. The molecule has 0 saturated carbocycles. The Hall–Kier alpha value is -2.84. The van der Waals surface area contributed by atoms with E-state index in [1.54, 1.807) is 22.8 Å². The van der Waals surface area contributed by atoms with Gasteiger partial charge in [-0.15, -0.1) is 0 Å². The third kappa shape index (κ3) is 6.32. The smallest absolute Gasteiger partial charge is 0.321 e. The first kappa shape index (κ1) is 22.8. The van der Waals surface area contributed by atoms with Crippen molar-refractivity contribution in [1.82, 2.24) is 20.2 Å². The molecule has 1 aromatic heterocycles. The molecule has 3 rings (SSSR count). The topological polar surface area (TPSA) is 93.1 Å². The van der Waals surface area contributed by atoms with Crippen LogP contribution in [-0.4, -0.2) is 27.2 Å². The second-order valence-electron chi connectivity index (χ2n) is 7.37. The molecule has 0 fully saturated rings. The summed E-state index contributed by atoms with van der Waals surface area (Å²) in [5, 5.41) is 6.26. The lowest BCUT2D eigenvalue weighted by molar-refractivity contribution is -0.117. The van der Waals surface area contributed by atoms with Crippen LogP contribution in [0.1, 0.15) is 19.4 Å². The number of carbonyl (C=O) groups excluding carboxylic acids is 2. The van der Waals surface area contributed by atoms with Crippen LogP contribution in [0.15, 0.2) is 58.5 Å². The summed E-state index contributed by atoms with van der Waals surface area (Å²) >= 11 is 7.15. The molecule has 162 valence electrons. The largest absolute Gasteiger partial charge is 0.334 e. The van der Waals surface area contributed by atoms with Crippen LogP contribution < -0.4 is 16.2 Å². The number of hydrogen-bond donors (Lipinski definition) is 2. The number of nitrogens with one attached hydrogen (secondary N) is 2. The molecule has 2 N–H and O–H groups in total. The van der Waals surface area contributed by atoms with E-state index in [9.17, 15) is 14.4 Å². The SMILES string of the molecule is CC(C)Cn1c(SCC(=O)NC(=O)NCc2ccccc2)nc2ccc(Cl)cc2c1=O. The zero-order valence-corrected chi connectivity index (χ0v) is 18.8. The third-order valence-corrected chi connectivity index (χ3v) is 5.52. The first-order chi connectivity index (χ1) is 14.8. The number of halogens is 1. The molecule has 0 unspecified atom stereocenters. The second kappa shape index (κ2) is 10.5. The highest BCUT2D eigenvalue weighted by atomic mass is 35.5. The number of carbonyl (C=O) groups is 2. The van der Waals surface area contributed by atoms with Gasteiger partial charge in [-0.25, -0.2) is 9.78 Å². The summed E-state index contributed by atoms with van der Waals surface area (Å²) in [5.74, 6) is -0.326. The lowest BCUT2D eigenvalue weighted by Crippen LogP contribution is -2.40. The number of urea groups is 1. The molecular formula is C22H23ClN4O3S. The van der Waals surface area contributed by atoms with Gasteiger partial charge in [0.05, 0.1) is 16.7 Å². The maximum absolute atomic E-state index is 13.0. The second-order valence-corrected chi connectivity index (χ2v) is 8.75. The van der Waals surface area contributed by atoms with Crippen molar-refractivity contribution in [3.05, 3.63) is 69.5 Å². The molecule has 9 heteroatoms. The van der Waals surface area contributed by atoms with E-state index >= 15 is 0 Å². The van der Waals surface area contributed by atoms with E-state index in [2.05, 4.69) is 15.6 Å². The molecule has 0 radical (unpaired) electrons. The van der Waals surface area contributed by atoms with E-state index in [4.69, 9.17) is 11.6 Å². The lowest BCUT2D eigenvalue weighted by atomic mass is 10.2. The molecule has 1 heterocycles. The Kier molecular flexibility index (Phi) is 7.70. The molecule has 0 aliphatic heterocycles. The maximum Gasteiger partial charge on any atom is 0.321 e. The summed E-state index contributed by atoms with van der Waals surface area (Å²) in [6.07, 6.45) is 0. The van der Waals surface area contributed by atoms with Gasteiger partial charge in [-0.1, -0.05) is 67.5 Å². The van der Waals surface area contributed by atoms with Crippen LogP contribution in [0.2, 0.25) is 5.02 Å². The molecule has 2 aromatic carbocycles. The number of rotatable bonds is 7. The highest BCUT2D eigenvalue weighted by Crippen LogP contribution is 2.21. The number of amides is 3. The average molecular weight is 459 g/mol. The van der Waals surface area contributed by atoms with Crippen LogP contribution in [0, 0.1) is 5.92 Å². The number of aromatic nitrogens is 2. The molecule has 0 bridgehead atoms. The van der Waals surface area contributed by atoms with Crippen molar-refractivity contribution in [2.45, 2.75) is 32.1 Å². The van der Waals surface area contributed by atoms with Gasteiger partial charge in [0.15, 0.2) is 5.16 Å². The summed E-state index contributed by atoms with van der Waals surface area (Å²) in [5.41, 5.74) is 1.24. The molecule has 0 spiro atoms. The number of nitrogens with zero attached hydrogens (tertiary/aromatic N) is 2. The average Bonchev–Trinajstić information content (AvgIpc) is 2.74. The first-order valence-corrected chi connectivity index (χ1v) is 11.1. The quantitative estimate of drug-likeness (QED) is 0.414. The minimum atomic E-state index is -0.574. The summed E-state index contributed by atoms with van der Waals surface area (Å²) < 4.78 is 1.55. The molecule has 0 aliphatic rings. The Morgan fingerprint density at radius 1 is 1.16 bits per heavy atom. The highest BCUT2D eigenvalue weighted by Gasteiger charge is 2.15. The van der Waals surface area contributed by atoms with Crippen molar-refractivity contribution in [3.8, 4) is 0 Å². The molecule has 7 nitrogen and oxygen atoms in total. The molecule has 0 atom stereocenters. The maximum atomic E-state index is 13.0. The predicted octanol–water partition coefficient (Wildman–Crippen LogP) is 3.82. The Morgan fingerprint density at radius 3 is 2.61 bits per heavy atom. The number of thioether (sulfide) groups is 1. The molecule has 0 saturated heterocycles. The Labute approximate surface area is 189 Å². The summed E-state index contributed by atoms with van der Waals surface area (Å²) in [7, 11) is 0. The summed E-state index contributed by atoms with van der Waals surface area (Å²) in [6, 6.07) is 13.8. The van der Waals surface area contributed by atoms with Crippen LogP contribution in [0.25, 0.3) is 10.9 Å². The van der Waals surface area contributed by atoms with E-state index in [0.717, 1.165) is 17.3 Å². The molecular weight excluding hydrogens is 436 g/mol.